The summed E-state index contributed by atoms with van der Waals surface area (Å²) in [4.78, 5) is 54.4. The maximum atomic E-state index is 13.2. The van der Waals surface area contributed by atoms with Gasteiger partial charge in [0.25, 0.3) is 10.6 Å². The van der Waals surface area contributed by atoms with Crippen LogP contribution in [0.5, 0.6) is 5.75 Å². The standard InChI is InChI=1S/C21H22N4O6/c1-21(2)9-13-16(14(26)10-21)15(11-6-5-7-12(8-11)31-25(29)30)17-18(22-13)23(3)20(28)24(4)19(17)27/h5-8,15,22H,9-10H2,1-4H3. The lowest BCUT2D eigenvalue weighted by molar-refractivity contribution is -0.711. The molecule has 10 heteroatoms. The van der Waals surface area contributed by atoms with Gasteiger partial charge in [0.1, 0.15) is 11.6 Å². The molecule has 0 radical (unpaired) electrons. The summed E-state index contributed by atoms with van der Waals surface area (Å²) in [5.74, 6) is -0.584. The normalized spacial score (nSPS) is 19.4. The molecule has 0 bridgehead atoms. The predicted octanol–water partition coefficient (Wildman–Crippen LogP) is 1.86. The number of hydrogen-bond donors (Lipinski definition) is 1. The molecule has 0 amide bonds. The lowest BCUT2D eigenvalue weighted by Crippen LogP contribution is -2.45. The van der Waals surface area contributed by atoms with E-state index in [0.29, 0.717) is 35.5 Å². The van der Waals surface area contributed by atoms with E-state index < -0.39 is 22.3 Å². The molecule has 162 valence electrons. The molecule has 2 aliphatic rings. The fourth-order valence-corrected chi connectivity index (χ4v) is 4.52. The number of ketones is 1. The van der Waals surface area contributed by atoms with Gasteiger partial charge < -0.3 is 5.32 Å². The van der Waals surface area contributed by atoms with Crippen molar-refractivity contribution in [3.8, 4) is 5.75 Å². The monoisotopic (exact) mass is 426 g/mol. The Morgan fingerprint density at radius 2 is 1.87 bits per heavy atom. The van der Waals surface area contributed by atoms with Crippen LogP contribution in [0, 0.1) is 15.5 Å². The minimum Gasteiger partial charge on any atom is -0.344 e. The molecule has 0 spiro atoms. The summed E-state index contributed by atoms with van der Waals surface area (Å²) in [5, 5.41) is 13.1. The first-order chi connectivity index (χ1) is 14.5. The summed E-state index contributed by atoms with van der Waals surface area (Å²) in [7, 11) is 2.93. The number of nitrogens with one attached hydrogen (secondary N) is 1. The fourth-order valence-electron chi connectivity index (χ4n) is 4.52. The molecule has 1 aromatic heterocycles. The van der Waals surface area contributed by atoms with Gasteiger partial charge in [-0.15, -0.1) is 10.1 Å². The molecule has 2 aromatic rings. The molecular weight excluding hydrogens is 404 g/mol. The lowest BCUT2D eigenvalue weighted by Gasteiger charge is -2.39. The third-order valence-electron chi connectivity index (χ3n) is 5.84. The summed E-state index contributed by atoms with van der Waals surface area (Å²) >= 11 is 0. The summed E-state index contributed by atoms with van der Waals surface area (Å²) < 4.78 is 2.34. The molecule has 10 nitrogen and oxygen atoms in total. The molecule has 31 heavy (non-hydrogen) atoms. The second kappa shape index (κ2) is 6.93. The van der Waals surface area contributed by atoms with Crippen molar-refractivity contribution in [1.29, 1.82) is 0 Å². The molecule has 4 rings (SSSR count). The number of fused-ring (bicyclic) bond motifs is 1. The Labute approximate surface area is 176 Å². The van der Waals surface area contributed by atoms with Gasteiger partial charge >= 0.3 is 5.69 Å². The van der Waals surface area contributed by atoms with E-state index in [0.717, 1.165) is 4.57 Å². The van der Waals surface area contributed by atoms with Gasteiger partial charge in [-0.25, -0.2) is 4.79 Å². The summed E-state index contributed by atoms with van der Waals surface area (Å²) in [6, 6.07) is 6.13. The molecule has 1 aromatic carbocycles. The van der Waals surface area contributed by atoms with Crippen LogP contribution < -0.4 is 21.4 Å². The highest BCUT2D eigenvalue weighted by molar-refractivity contribution is 6.01. The van der Waals surface area contributed by atoms with Gasteiger partial charge in [-0.3, -0.25) is 23.6 Å². The first kappa shape index (κ1) is 20.6. The molecule has 1 unspecified atom stereocenters. The summed E-state index contributed by atoms with van der Waals surface area (Å²) in [5.41, 5.74) is 0.530. The number of rotatable bonds is 3. The highest BCUT2D eigenvalue weighted by Gasteiger charge is 2.43. The molecule has 0 saturated carbocycles. The van der Waals surface area contributed by atoms with Crippen molar-refractivity contribution in [3.05, 3.63) is 77.6 Å². The Balaban J connectivity index is 2.03. The van der Waals surface area contributed by atoms with E-state index in [1.807, 2.05) is 13.8 Å². The Hall–Kier alpha value is -3.69. The lowest BCUT2D eigenvalue weighted by atomic mass is 9.69. The van der Waals surface area contributed by atoms with Crippen LogP contribution in [-0.2, 0) is 18.9 Å². The van der Waals surface area contributed by atoms with E-state index in [1.165, 1.54) is 23.7 Å². The van der Waals surface area contributed by atoms with Gasteiger partial charge in [-0.1, -0.05) is 26.0 Å². The zero-order valence-electron chi connectivity index (χ0n) is 17.6. The first-order valence-electron chi connectivity index (χ1n) is 9.75. The average molecular weight is 426 g/mol. The van der Waals surface area contributed by atoms with Crippen molar-refractivity contribution in [2.45, 2.75) is 32.6 Å². The van der Waals surface area contributed by atoms with Crippen LogP contribution >= 0.6 is 0 Å². The maximum absolute atomic E-state index is 13.2. The van der Waals surface area contributed by atoms with Crippen LogP contribution in [0.3, 0.4) is 0 Å². The second-order valence-electron chi connectivity index (χ2n) is 8.75. The minimum absolute atomic E-state index is 0.0186. The second-order valence-corrected chi connectivity index (χ2v) is 8.75. The minimum atomic E-state index is -0.919. The topological polar surface area (TPSA) is 125 Å². The molecule has 1 aliphatic heterocycles. The number of Topliss-reactive ketones (excluding diaryl/α,β-unsaturated/α-hetero) is 1. The molecule has 1 atom stereocenters. The van der Waals surface area contributed by atoms with Gasteiger partial charge in [0.15, 0.2) is 5.78 Å². The van der Waals surface area contributed by atoms with Crippen molar-refractivity contribution in [2.75, 3.05) is 5.32 Å². The average Bonchev–Trinajstić information content (AvgIpc) is 2.68. The summed E-state index contributed by atoms with van der Waals surface area (Å²) in [6.07, 6.45) is 0.856. The zero-order chi connectivity index (χ0) is 22.7. The first-order valence-corrected chi connectivity index (χ1v) is 9.75. The van der Waals surface area contributed by atoms with Crippen molar-refractivity contribution < 1.29 is 14.7 Å². The third kappa shape index (κ3) is 3.33. The van der Waals surface area contributed by atoms with E-state index >= 15 is 0 Å². The van der Waals surface area contributed by atoms with Gasteiger partial charge in [0.05, 0.1) is 5.56 Å². The van der Waals surface area contributed by atoms with Crippen molar-refractivity contribution in [1.82, 2.24) is 9.13 Å². The largest absolute Gasteiger partial charge is 0.344 e. The quantitative estimate of drug-likeness (QED) is 0.586. The van der Waals surface area contributed by atoms with E-state index in [4.69, 9.17) is 0 Å². The summed E-state index contributed by atoms with van der Waals surface area (Å²) in [6.45, 7) is 3.96. The number of nitrogens with zero attached hydrogens (tertiary/aromatic N) is 3. The van der Waals surface area contributed by atoms with Crippen LogP contribution in [0.1, 0.15) is 43.7 Å². The number of anilines is 1. The molecule has 0 saturated heterocycles. The molecule has 0 fully saturated rings. The van der Waals surface area contributed by atoms with E-state index in [2.05, 4.69) is 10.2 Å². The number of benzene rings is 1. The van der Waals surface area contributed by atoms with E-state index in [9.17, 15) is 24.5 Å². The van der Waals surface area contributed by atoms with Crippen LogP contribution in [0.25, 0.3) is 0 Å². The van der Waals surface area contributed by atoms with Crippen LogP contribution in [0.2, 0.25) is 0 Å². The van der Waals surface area contributed by atoms with Crippen molar-refractivity contribution >= 4 is 11.6 Å². The third-order valence-corrected chi connectivity index (χ3v) is 5.84. The highest BCUT2D eigenvalue weighted by Crippen LogP contribution is 2.47. The van der Waals surface area contributed by atoms with Gasteiger partial charge in [-0.05, 0) is 29.5 Å². The molecule has 2 heterocycles. The van der Waals surface area contributed by atoms with Crippen molar-refractivity contribution in [2.24, 2.45) is 19.5 Å². The predicted molar refractivity (Wildman–Crippen MR) is 112 cm³/mol. The van der Waals surface area contributed by atoms with Gasteiger partial charge in [-0.2, -0.15) is 0 Å². The highest BCUT2D eigenvalue weighted by atomic mass is 17.0. The molecule has 1 aliphatic carbocycles. The van der Waals surface area contributed by atoms with Crippen molar-refractivity contribution in [3.63, 3.8) is 0 Å². The Morgan fingerprint density at radius 1 is 1.16 bits per heavy atom. The number of aromatic nitrogens is 2. The fraction of sp³-hybridized carbons (Fsp3) is 0.381. The maximum Gasteiger partial charge on any atom is 0.332 e. The number of hydrogen-bond acceptors (Lipinski definition) is 7. The van der Waals surface area contributed by atoms with Crippen LogP contribution in [-0.4, -0.2) is 20.0 Å². The SMILES string of the molecule is Cn1c2c(c(=O)n(C)c1=O)C(c1cccc(O[N+](=O)[O-])c1)C1=C(CC(C)(C)CC1=O)N2. The Morgan fingerprint density at radius 3 is 2.55 bits per heavy atom. The van der Waals surface area contributed by atoms with Crippen LogP contribution in [0.15, 0.2) is 45.1 Å². The van der Waals surface area contributed by atoms with Crippen LogP contribution in [0.4, 0.5) is 5.82 Å². The molecule has 1 N–H and O–H groups in total. The zero-order valence-corrected chi connectivity index (χ0v) is 17.6. The number of carbonyl (C=O) groups excluding carboxylic acids is 1. The molecular formula is C21H22N4O6. The van der Waals surface area contributed by atoms with E-state index in [-0.39, 0.29) is 22.5 Å². The van der Waals surface area contributed by atoms with Gasteiger partial charge in [0, 0.05) is 37.7 Å². The number of carbonyl (C=O) groups is 1. The Kier molecular flexibility index (Phi) is 4.60. The van der Waals surface area contributed by atoms with Gasteiger partial charge in [0.2, 0.25) is 0 Å². The van der Waals surface area contributed by atoms with E-state index in [1.54, 1.807) is 19.2 Å². The number of allylic oxidation sites excluding steroid dienone is 2. The smallest absolute Gasteiger partial charge is 0.332 e. The Bertz CT molecular complexity index is 1280.